The number of halogens is 1. The number of carbonyl (C=O) groups excluding carboxylic acids is 1. The Balaban J connectivity index is 1.73. The van der Waals surface area contributed by atoms with Gasteiger partial charge in [-0.3, -0.25) is 9.52 Å². The number of rotatable bonds is 5. The molecule has 0 aliphatic carbocycles. The highest BCUT2D eigenvalue weighted by Crippen LogP contribution is 2.18. The number of anilines is 2. The predicted molar refractivity (Wildman–Crippen MR) is 106 cm³/mol. The second kappa shape index (κ2) is 7.91. The van der Waals surface area contributed by atoms with Crippen LogP contribution in [-0.4, -0.2) is 29.3 Å². The molecule has 0 aliphatic rings. The molecule has 28 heavy (non-hydrogen) atoms. The Hall–Kier alpha value is -3.04. The summed E-state index contributed by atoms with van der Waals surface area (Å²) in [4.78, 5) is 24.2. The third-order valence-corrected chi connectivity index (χ3v) is 5.21. The van der Waals surface area contributed by atoms with Crippen LogP contribution >= 0.6 is 11.6 Å². The molecule has 0 atom stereocenters. The van der Waals surface area contributed by atoms with Gasteiger partial charge in [-0.05, 0) is 50.2 Å². The van der Waals surface area contributed by atoms with Crippen LogP contribution in [-0.2, 0) is 10.0 Å². The van der Waals surface area contributed by atoms with Crippen LogP contribution in [0.15, 0.2) is 53.6 Å². The van der Waals surface area contributed by atoms with Gasteiger partial charge in [0.25, 0.3) is 15.9 Å². The van der Waals surface area contributed by atoms with Crippen LogP contribution < -0.4 is 10.0 Å². The van der Waals surface area contributed by atoms with Gasteiger partial charge in [0.15, 0.2) is 0 Å². The molecular weight excluding hydrogens is 402 g/mol. The zero-order valence-electron chi connectivity index (χ0n) is 15.0. The average molecular weight is 418 g/mol. The van der Waals surface area contributed by atoms with Gasteiger partial charge < -0.3 is 5.32 Å². The van der Waals surface area contributed by atoms with E-state index in [1.165, 1.54) is 36.5 Å². The maximum Gasteiger partial charge on any atom is 0.263 e. The summed E-state index contributed by atoms with van der Waals surface area (Å²) < 4.78 is 27.5. The SMILES string of the molecule is Cc1cc(NS(=O)(=O)c2ccc(NC(=O)c3ccc(Cl)nc3)cc2)nc(C)n1. The number of sulfonamides is 1. The van der Waals surface area contributed by atoms with Crippen LogP contribution in [0.4, 0.5) is 11.5 Å². The van der Waals surface area contributed by atoms with Crippen LogP contribution in [0, 0.1) is 13.8 Å². The van der Waals surface area contributed by atoms with Crippen molar-refractivity contribution in [2.45, 2.75) is 18.7 Å². The molecule has 0 spiro atoms. The highest BCUT2D eigenvalue weighted by Gasteiger charge is 2.16. The molecule has 0 fully saturated rings. The zero-order valence-corrected chi connectivity index (χ0v) is 16.5. The first-order valence-electron chi connectivity index (χ1n) is 8.11. The molecule has 0 radical (unpaired) electrons. The monoisotopic (exact) mass is 417 g/mol. The molecule has 1 aromatic carbocycles. The van der Waals surface area contributed by atoms with E-state index in [1.807, 2.05) is 0 Å². The number of pyridine rings is 1. The number of nitrogens with zero attached hydrogens (tertiary/aromatic N) is 3. The highest BCUT2D eigenvalue weighted by molar-refractivity contribution is 7.92. The minimum absolute atomic E-state index is 0.0348. The van der Waals surface area contributed by atoms with Gasteiger partial charge in [0, 0.05) is 23.6 Å². The van der Waals surface area contributed by atoms with Crippen molar-refractivity contribution < 1.29 is 13.2 Å². The van der Waals surface area contributed by atoms with Gasteiger partial charge in [0.05, 0.1) is 10.5 Å². The van der Waals surface area contributed by atoms with E-state index in [0.29, 0.717) is 22.8 Å². The van der Waals surface area contributed by atoms with E-state index in [-0.39, 0.29) is 21.8 Å². The minimum Gasteiger partial charge on any atom is -0.322 e. The van der Waals surface area contributed by atoms with E-state index in [0.717, 1.165) is 0 Å². The first-order valence-corrected chi connectivity index (χ1v) is 9.97. The van der Waals surface area contributed by atoms with Crippen molar-refractivity contribution in [2.75, 3.05) is 10.0 Å². The molecule has 8 nitrogen and oxygen atoms in total. The molecule has 144 valence electrons. The molecule has 10 heteroatoms. The lowest BCUT2D eigenvalue weighted by molar-refractivity contribution is 0.102. The van der Waals surface area contributed by atoms with Gasteiger partial charge in [-0.25, -0.2) is 23.4 Å². The second-order valence-electron chi connectivity index (χ2n) is 5.90. The van der Waals surface area contributed by atoms with Crippen LogP contribution in [0.5, 0.6) is 0 Å². The molecule has 3 rings (SSSR count). The molecule has 0 aliphatic heterocycles. The van der Waals surface area contributed by atoms with Crippen LogP contribution in [0.25, 0.3) is 0 Å². The molecule has 3 aromatic rings. The van der Waals surface area contributed by atoms with E-state index in [2.05, 4.69) is 25.0 Å². The number of benzene rings is 1. The minimum atomic E-state index is -3.83. The molecule has 2 heterocycles. The van der Waals surface area contributed by atoms with Crippen molar-refractivity contribution in [2.24, 2.45) is 0 Å². The molecule has 0 saturated heterocycles. The van der Waals surface area contributed by atoms with Crippen molar-refractivity contribution in [3.8, 4) is 0 Å². The first-order chi connectivity index (χ1) is 13.2. The third-order valence-electron chi connectivity index (χ3n) is 3.62. The zero-order chi connectivity index (χ0) is 20.3. The summed E-state index contributed by atoms with van der Waals surface area (Å²) in [5, 5.41) is 2.95. The fraction of sp³-hybridized carbons (Fsp3) is 0.111. The van der Waals surface area contributed by atoms with Crippen molar-refractivity contribution in [1.29, 1.82) is 0 Å². The highest BCUT2D eigenvalue weighted by atomic mass is 35.5. The number of nitrogens with one attached hydrogen (secondary N) is 2. The first kappa shape index (κ1) is 19.7. The smallest absolute Gasteiger partial charge is 0.263 e. The van der Waals surface area contributed by atoms with Crippen molar-refractivity contribution in [3.63, 3.8) is 0 Å². The quantitative estimate of drug-likeness (QED) is 0.616. The normalized spacial score (nSPS) is 11.1. The van der Waals surface area contributed by atoms with E-state index >= 15 is 0 Å². The molecular formula is C18H16ClN5O3S. The van der Waals surface area contributed by atoms with Crippen LogP contribution in [0.1, 0.15) is 21.9 Å². The lowest BCUT2D eigenvalue weighted by Gasteiger charge is -2.10. The fourth-order valence-corrected chi connectivity index (χ4v) is 3.50. The standard InChI is InChI=1S/C18H16ClN5O3S/c1-11-9-17(22-12(2)21-11)24-28(26,27)15-6-4-14(5-7-15)23-18(25)13-3-8-16(19)20-10-13/h3-10H,1-2H3,(H,23,25)(H,21,22,24). The Morgan fingerprint density at radius 2 is 1.75 bits per heavy atom. The molecule has 2 aromatic heterocycles. The average Bonchev–Trinajstić information content (AvgIpc) is 2.61. The summed E-state index contributed by atoms with van der Waals surface area (Å²) in [5.41, 5.74) is 1.42. The Morgan fingerprint density at radius 3 is 2.36 bits per heavy atom. The second-order valence-corrected chi connectivity index (χ2v) is 7.97. The van der Waals surface area contributed by atoms with Gasteiger partial charge in [0.1, 0.15) is 16.8 Å². The lowest BCUT2D eigenvalue weighted by atomic mass is 10.2. The summed E-state index contributed by atoms with van der Waals surface area (Å²) in [5.74, 6) is 0.273. The molecule has 1 amide bonds. The van der Waals surface area contributed by atoms with Gasteiger partial charge in [-0.1, -0.05) is 11.6 Å². The topological polar surface area (TPSA) is 114 Å². The Kier molecular flexibility index (Phi) is 5.57. The number of aromatic nitrogens is 3. The Bertz CT molecular complexity index is 1100. The van der Waals surface area contributed by atoms with Crippen LogP contribution in [0.3, 0.4) is 0 Å². The number of hydrogen-bond acceptors (Lipinski definition) is 6. The molecule has 0 bridgehead atoms. The third kappa shape index (κ3) is 4.81. The summed E-state index contributed by atoms with van der Waals surface area (Å²) in [6.45, 7) is 3.43. The van der Waals surface area contributed by atoms with E-state index < -0.39 is 10.0 Å². The molecule has 0 saturated carbocycles. The van der Waals surface area contributed by atoms with Crippen molar-refractivity contribution in [1.82, 2.24) is 15.0 Å². The van der Waals surface area contributed by atoms with Gasteiger partial charge >= 0.3 is 0 Å². The van der Waals surface area contributed by atoms with Gasteiger partial charge in [-0.15, -0.1) is 0 Å². The maximum absolute atomic E-state index is 12.5. The Labute approximate surface area is 167 Å². The van der Waals surface area contributed by atoms with Gasteiger partial charge in [0.2, 0.25) is 0 Å². The number of aryl methyl sites for hydroxylation is 2. The number of hydrogen-bond donors (Lipinski definition) is 2. The lowest BCUT2D eigenvalue weighted by Crippen LogP contribution is -2.15. The Morgan fingerprint density at radius 1 is 1.04 bits per heavy atom. The summed E-state index contributed by atoms with van der Waals surface area (Å²) in [6, 6.07) is 10.4. The summed E-state index contributed by atoms with van der Waals surface area (Å²) in [7, 11) is -3.83. The fourth-order valence-electron chi connectivity index (χ4n) is 2.40. The maximum atomic E-state index is 12.5. The molecule has 2 N–H and O–H groups in total. The van der Waals surface area contributed by atoms with Gasteiger partial charge in [-0.2, -0.15) is 0 Å². The van der Waals surface area contributed by atoms with E-state index in [4.69, 9.17) is 11.6 Å². The molecule has 0 unspecified atom stereocenters. The number of amides is 1. The van der Waals surface area contributed by atoms with Crippen molar-refractivity contribution in [3.05, 3.63) is 70.9 Å². The largest absolute Gasteiger partial charge is 0.322 e. The van der Waals surface area contributed by atoms with Crippen LogP contribution in [0.2, 0.25) is 5.15 Å². The number of carbonyl (C=O) groups is 1. The summed E-state index contributed by atoms with van der Waals surface area (Å²) in [6.07, 6.45) is 1.35. The van der Waals surface area contributed by atoms with E-state index in [1.54, 1.807) is 26.0 Å². The van der Waals surface area contributed by atoms with E-state index in [9.17, 15) is 13.2 Å². The predicted octanol–water partition coefficient (Wildman–Crippen LogP) is 3.19. The summed E-state index contributed by atoms with van der Waals surface area (Å²) >= 11 is 5.70. The van der Waals surface area contributed by atoms with Crippen molar-refractivity contribution >= 4 is 39.0 Å².